The maximum Gasteiger partial charge on any atom is 0.262 e. The van der Waals surface area contributed by atoms with Crippen LogP contribution < -0.4 is 14.8 Å². The van der Waals surface area contributed by atoms with Crippen molar-refractivity contribution in [3.8, 4) is 22.6 Å². The van der Waals surface area contributed by atoms with Crippen molar-refractivity contribution in [3.63, 3.8) is 0 Å². The van der Waals surface area contributed by atoms with E-state index in [0.29, 0.717) is 24.7 Å². The van der Waals surface area contributed by atoms with Crippen molar-refractivity contribution in [1.29, 1.82) is 0 Å². The molecule has 1 aromatic heterocycles. The highest BCUT2D eigenvalue weighted by molar-refractivity contribution is 9.10. The molecule has 5 nitrogen and oxygen atoms in total. The largest absolute Gasteiger partial charge is 0.486 e. The van der Waals surface area contributed by atoms with Crippen LogP contribution in [0.1, 0.15) is 10.4 Å². The summed E-state index contributed by atoms with van der Waals surface area (Å²) in [5, 5.41) is 2.40. The third kappa shape index (κ3) is 3.55. The zero-order chi connectivity index (χ0) is 19.7. The van der Waals surface area contributed by atoms with Crippen LogP contribution in [0, 0.1) is 11.6 Å². The van der Waals surface area contributed by atoms with E-state index in [2.05, 4.69) is 26.2 Å². The number of carbonyl (C=O) groups is 1. The molecule has 0 fully saturated rings. The van der Waals surface area contributed by atoms with Gasteiger partial charge in [0.05, 0.1) is 0 Å². The van der Waals surface area contributed by atoms with Gasteiger partial charge < -0.3 is 14.8 Å². The molecule has 0 bridgehead atoms. The van der Waals surface area contributed by atoms with Crippen molar-refractivity contribution in [3.05, 3.63) is 70.3 Å². The number of nitrogens with one attached hydrogen (secondary N) is 1. The minimum absolute atomic E-state index is 0.171. The van der Waals surface area contributed by atoms with Crippen LogP contribution in [0.25, 0.3) is 11.1 Å². The number of aromatic nitrogens is 1. The summed E-state index contributed by atoms with van der Waals surface area (Å²) in [6.45, 7) is 0.973. The predicted molar refractivity (Wildman–Crippen MR) is 103 cm³/mol. The summed E-state index contributed by atoms with van der Waals surface area (Å²) >= 11 is 3.50. The lowest BCUT2D eigenvalue weighted by atomic mass is 10.1. The molecule has 0 aliphatic carbocycles. The molecule has 0 unspecified atom stereocenters. The van der Waals surface area contributed by atoms with Crippen LogP contribution in [0.4, 0.5) is 14.6 Å². The first kappa shape index (κ1) is 18.4. The summed E-state index contributed by atoms with van der Waals surface area (Å²) in [5.41, 5.74) is 0.941. The second-order valence-corrected chi connectivity index (χ2v) is 6.81. The van der Waals surface area contributed by atoms with Gasteiger partial charge in [0, 0.05) is 21.8 Å². The van der Waals surface area contributed by atoms with Crippen molar-refractivity contribution in [2.24, 2.45) is 0 Å². The number of hydrogen-bond donors (Lipinski definition) is 1. The Balaban J connectivity index is 1.57. The molecule has 2 aromatic carbocycles. The van der Waals surface area contributed by atoms with Gasteiger partial charge in [-0.25, -0.2) is 13.8 Å². The lowest BCUT2D eigenvalue weighted by molar-refractivity contribution is 0.101. The summed E-state index contributed by atoms with van der Waals surface area (Å²) in [4.78, 5) is 16.3. The Bertz CT molecular complexity index is 1040. The fraction of sp³-hybridized carbons (Fsp3) is 0.100. The number of ether oxygens (including phenoxy) is 2. The number of halogens is 3. The van der Waals surface area contributed by atoms with Gasteiger partial charge in [0.25, 0.3) is 5.91 Å². The fourth-order valence-electron chi connectivity index (χ4n) is 2.81. The summed E-state index contributed by atoms with van der Waals surface area (Å²) in [6.07, 6.45) is 1.55. The predicted octanol–water partition coefficient (Wildman–Crippen LogP) is 4.81. The molecule has 28 heavy (non-hydrogen) atoms. The van der Waals surface area contributed by atoms with E-state index >= 15 is 0 Å². The van der Waals surface area contributed by atoms with E-state index in [1.807, 2.05) is 12.1 Å². The average Bonchev–Trinajstić information content (AvgIpc) is 2.68. The second-order valence-electron chi connectivity index (χ2n) is 5.96. The Morgan fingerprint density at radius 3 is 2.36 bits per heavy atom. The first-order valence-electron chi connectivity index (χ1n) is 8.34. The second kappa shape index (κ2) is 7.55. The summed E-state index contributed by atoms with van der Waals surface area (Å²) in [7, 11) is 0. The van der Waals surface area contributed by atoms with E-state index in [9.17, 15) is 13.6 Å². The number of nitrogens with zero attached hydrogens (tertiary/aromatic N) is 1. The molecule has 8 heteroatoms. The Hall–Kier alpha value is -3.00. The fourth-order valence-corrected chi connectivity index (χ4v) is 3.36. The van der Waals surface area contributed by atoms with Gasteiger partial charge in [0.15, 0.2) is 11.5 Å². The van der Waals surface area contributed by atoms with Crippen molar-refractivity contribution >= 4 is 27.7 Å². The Morgan fingerprint density at radius 2 is 1.71 bits per heavy atom. The lowest BCUT2D eigenvalue weighted by Crippen LogP contribution is -2.16. The Kier molecular flexibility index (Phi) is 4.95. The number of fused-ring (bicyclic) bond motifs is 1. The molecule has 0 atom stereocenters. The minimum atomic E-state index is -0.936. The third-order valence-corrected chi connectivity index (χ3v) is 4.79. The molecule has 0 radical (unpaired) electrons. The van der Waals surface area contributed by atoms with Gasteiger partial charge in [-0.1, -0.05) is 22.0 Å². The first-order chi connectivity index (χ1) is 13.5. The van der Waals surface area contributed by atoms with Gasteiger partial charge in [-0.3, -0.25) is 4.79 Å². The van der Waals surface area contributed by atoms with Crippen LogP contribution in [0.2, 0.25) is 0 Å². The molecule has 2 heterocycles. The quantitative estimate of drug-likeness (QED) is 0.626. The maximum absolute atomic E-state index is 13.7. The van der Waals surface area contributed by atoms with Crippen molar-refractivity contribution in [2.75, 3.05) is 18.5 Å². The third-order valence-electron chi connectivity index (χ3n) is 4.14. The summed E-state index contributed by atoms with van der Waals surface area (Å²) in [5.74, 6) is -1.31. The van der Waals surface area contributed by atoms with E-state index < -0.39 is 23.1 Å². The van der Waals surface area contributed by atoms with Gasteiger partial charge >= 0.3 is 0 Å². The molecule has 1 aliphatic rings. The van der Waals surface area contributed by atoms with Crippen LogP contribution in [0.15, 0.2) is 53.1 Å². The molecule has 1 aliphatic heterocycles. The molecule has 1 amide bonds. The van der Waals surface area contributed by atoms with Crippen molar-refractivity contribution in [1.82, 2.24) is 4.98 Å². The van der Waals surface area contributed by atoms with Crippen LogP contribution in [0.3, 0.4) is 0 Å². The molecule has 0 saturated carbocycles. The molecule has 4 rings (SSSR count). The monoisotopic (exact) mass is 446 g/mol. The number of anilines is 1. The number of benzene rings is 2. The van der Waals surface area contributed by atoms with Gasteiger partial charge in [-0.2, -0.15) is 0 Å². The lowest BCUT2D eigenvalue weighted by Gasteiger charge is -2.20. The first-order valence-corrected chi connectivity index (χ1v) is 9.13. The van der Waals surface area contributed by atoms with E-state index in [1.165, 1.54) is 6.07 Å². The average molecular weight is 447 g/mol. The van der Waals surface area contributed by atoms with E-state index in [4.69, 9.17) is 9.47 Å². The number of hydrogen-bond acceptors (Lipinski definition) is 4. The van der Waals surface area contributed by atoms with Crippen LogP contribution in [-0.4, -0.2) is 24.1 Å². The van der Waals surface area contributed by atoms with Crippen molar-refractivity contribution in [2.45, 2.75) is 0 Å². The molecule has 3 aromatic rings. The SMILES string of the molecule is O=C(Nc1ccc(-c2cc3c(cc2Br)OCCO3)cn1)c1c(F)cccc1F. The normalized spacial score (nSPS) is 12.5. The van der Waals surface area contributed by atoms with E-state index in [1.54, 1.807) is 18.3 Å². The standard InChI is InChI=1S/C20H13BrF2N2O3/c21-13-9-17-16(27-6-7-28-17)8-12(13)11-4-5-18(24-10-11)25-20(26)19-14(22)2-1-3-15(19)23/h1-5,8-10H,6-7H2,(H,24,25,26). The van der Waals surface area contributed by atoms with Gasteiger partial charge in [-0.15, -0.1) is 0 Å². The van der Waals surface area contributed by atoms with Gasteiger partial charge in [0.1, 0.15) is 36.2 Å². The number of amides is 1. The number of carbonyl (C=O) groups excluding carboxylic acids is 1. The van der Waals surface area contributed by atoms with E-state index in [0.717, 1.165) is 27.7 Å². The maximum atomic E-state index is 13.7. The highest BCUT2D eigenvalue weighted by Gasteiger charge is 2.18. The molecule has 142 valence electrons. The highest BCUT2D eigenvalue weighted by atomic mass is 79.9. The van der Waals surface area contributed by atoms with Crippen LogP contribution in [0.5, 0.6) is 11.5 Å². The molecular weight excluding hydrogens is 434 g/mol. The van der Waals surface area contributed by atoms with Crippen LogP contribution >= 0.6 is 15.9 Å². The zero-order valence-corrected chi connectivity index (χ0v) is 15.9. The van der Waals surface area contributed by atoms with Crippen molar-refractivity contribution < 1.29 is 23.0 Å². The van der Waals surface area contributed by atoms with E-state index in [-0.39, 0.29) is 5.82 Å². The zero-order valence-electron chi connectivity index (χ0n) is 14.3. The Morgan fingerprint density at radius 1 is 1.04 bits per heavy atom. The molecule has 1 N–H and O–H groups in total. The highest BCUT2D eigenvalue weighted by Crippen LogP contribution is 2.39. The molecule has 0 saturated heterocycles. The van der Waals surface area contributed by atoms with Gasteiger partial charge in [0.2, 0.25) is 0 Å². The number of pyridine rings is 1. The van der Waals surface area contributed by atoms with Gasteiger partial charge in [-0.05, 0) is 36.4 Å². The Labute approximate surface area is 167 Å². The summed E-state index contributed by atoms with van der Waals surface area (Å²) < 4.78 is 39.4. The minimum Gasteiger partial charge on any atom is -0.486 e. The van der Waals surface area contributed by atoms with Crippen LogP contribution in [-0.2, 0) is 0 Å². The molecule has 0 spiro atoms. The topological polar surface area (TPSA) is 60.5 Å². The smallest absolute Gasteiger partial charge is 0.262 e. The molecular formula is C20H13BrF2N2O3. The summed E-state index contributed by atoms with van der Waals surface area (Å²) in [6, 6.07) is 10.2. The number of rotatable bonds is 3.